The summed E-state index contributed by atoms with van der Waals surface area (Å²) in [6.07, 6.45) is 0.251. The topological polar surface area (TPSA) is 57.0 Å². The molecule has 0 bridgehead atoms. The number of para-hydroxylation sites is 1. The van der Waals surface area contributed by atoms with Crippen molar-refractivity contribution in [2.24, 2.45) is 0 Å². The second-order valence-electron chi connectivity index (χ2n) is 4.05. The molecule has 5 heteroatoms. The van der Waals surface area contributed by atoms with Gasteiger partial charge in [0.15, 0.2) is 0 Å². The predicted molar refractivity (Wildman–Crippen MR) is 77.6 cm³/mol. The Balaban J connectivity index is 2.32. The van der Waals surface area contributed by atoms with Crippen LogP contribution in [0, 0.1) is 11.3 Å². The highest BCUT2D eigenvalue weighted by atomic mass is 35.5. The molecular formula is C15H12ClN3O. The summed E-state index contributed by atoms with van der Waals surface area (Å²) in [7, 11) is 0. The maximum absolute atomic E-state index is 12.5. The van der Waals surface area contributed by atoms with E-state index in [-0.39, 0.29) is 23.2 Å². The van der Waals surface area contributed by atoms with Crippen LogP contribution in [0.15, 0.2) is 48.5 Å². The molecule has 0 fully saturated rings. The Labute approximate surface area is 122 Å². The fourth-order valence-electron chi connectivity index (χ4n) is 1.78. The number of hydrogen-bond acceptors (Lipinski definition) is 3. The van der Waals surface area contributed by atoms with Crippen molar-refractivity contribution >= 4 is 23.2 Å². The van der Waals surface area contributed by atoms with Gasteiger partial charge in [0.05, 0.1) is 12.5 Å². The van der Waals surface area contributed by atoms with E-state index in [1.54, 1.807) is 18.2 Å². The molecule has 1 aromatic heterocycles. The summed E-state index contributed by atoms with van der Waals surface area (Å²) in [4.78, 5) is 18.0. The first kappa shape index (κ1) is 14.0. The lowest BCUT2D eigenvalue weighted by molar-refractivity contribution is 0.0982. The third-order valence-corrected chi connectivity index (χ3v) is 2.90. The molecule has 1 aromatic carbocycles. The molecule has 0 saturated carbocycles. The number of anilines is 1. The highest BCUT2D eigenvalue weighted by Crippen LogP contribution is 2.17. The summed E-state index contributed by atoms with van der Waals surface area (Å²) < 4.78 is 0. The molecule has 0 atom stereocenters. The van der Waals surface area contributed by atoms with Gasteiger partial charge in [-0.2, -0.15) is 5.26 Å². The average Bonchev–Trinajstić information content (AvgIpc) is 2.48. The van der Waals surface area contributed by atoms with E-state index in [1.807, 2.05) is 36.4 Å². The van der Waals surface area contributed by atoms with Crippen LogP contribution in [0.25, 0.3) is 0 Å². The number of nitrogens with zero attached hydrogens (tertiary/aromatic N) is 3. The van der Waals surface area contributed by atoms with E-state index < -0.39 is 0 Å². The van der Waals surface area contributed by atoms with Crippen molar-refractivity contribution in [3.8, 4) is 6.07 Å². The molecule has 2 aromatic rings. The summed E-state index contributed by atoms with van der Waals surface area (Å²) in [5.41, 5.74) is 0.994. The molecule has 1 amide bonds. The number of rotatable bonds is 4. The lowest BCUT2D eigenvalue weighted by atomic mass is 10.2. The minimum absolute atomic E-state index is 0.251. The second-order valence-corrected chi connectivity index (χ2v) is 4.43. The summed E-state index contributed by atoms with van der Waals surface area (Å²) in [5, 5.41) is 9.00. The number of nitriles is 1. The van der Waals surface area contributed by atoms with E-state index in [2.05, 4.69) is 4.98 Å². The van der Waals surface area contributed by atoms with E-state index in [0.29, 0.717) is 6.54 Å². The first-order valence-corrected chi connectivity index (χ1v) is 6.46. The lowest BCUT2D eigenvalue weighted by Gasteiger charge is -2.21. The first-order valence-electron chi connectivity index (χ1n) is 6.09. The largest absolute Gasteiger partial charge is 0.306 e. The molecule has 0 spiro atoms. The Hall–Kier alpha value is -2.38. The van der Waals surface area contributed by atoms with Gasteiger partial charge >= 0.3 is 0 Å². The van der Waals surface area contributed by atoms with Gasteiger partial charge < -0.3 is 4.90 Å². The van der Waals surface area contributed by atoms with Crippen molar-refractivity contribution < 1.29 is 4.79 Å². The smallest absolute Gasteiger partial charge is 0.276 e. The number of aromatic nitrogens is 1. The van der Waals surface area contributed by atoms with Crippen LogP contribution >= 0.6 is 11.6 Å². The zero-order valence-corrected chi connectivity index (χ0v) is 11.4. The molecule has 0 aliphatic carbocycles. The SMILES string of the molecule is N#CCCN(C(=O)c1cccc(Cl)n1)c1ccccc1. The minimum Gasteiger partial charge on any atom is -0.306 e. The van der Waals surface area contributed by atoms with Crippen molar-refractivity contribution in [3.63, 3.8) is 0 Å². The van der Waals surface area contributed by atoms with Crippen molar-refractivity contribution in [2.45, 2.75) is 6.42 Å². The molecule has 0 aliphatic heterocycles. The van der Waals surface area contributed by atoms with Gasteiger partial charge in [-0.15, -0.1) is 0 Å². The summed E-state index contributed by atoms with van der Waals surface area (Å²) in [6.45, 7) is 0.313. The zero-order valence-electron chi connectivity index (χ0n) is 10.7. The first-order chi connectivity index (χ1) is 9.72. The highest BCUT2D eigenvalue weighted by Gasteiger charge is 2.18. The molecule has 100 valence electrons. The van der Waals surface area contributed by atoms with E-state index in [4.69, 9.17) is 16.9 Å². The number of halogens is 1. The Morgan fingerprint density at radius 3 is 2.60 bits per heavy atom. The van der Waals surface area contributed by atoms with E-state index >= 15 is 0 Å². The predicted octanol–water partition coefficient (Wildman–Crippen LogP) is 3.30. The molecule has 2 rings (SSSR count). The van der Waals surface area contributed by atoms with Crippen LogP contribution in [0.2, 0.25) is 5.15 Å². The highest BCUT2D eigenvalue weighted by molar-refractivity contribution is 6.29. The maximum Gasteiger partial charge on any atom is 0.276 e. The van der Waals surface area contributed by atoms with Crippen LogP contribution in [-0.2, 0) is 0 Å². The lowest BCUT2D eigenvalue weighted by Crippen LogP contribution is -2.32. The average molecular weight is 286 g/mol. The van der Waals surface area contributed by atoms with Gasteiger partial charge in [0.2, 0.25) is 0 Å². The Bertz CT molecular complexity index is 637. The van der Waals surface area contributed by atoms with Gasteiger partial charge in [-0.3, -0.25) is 4.79 Å². The number of pyridine rings is 1. The fourth-order valence-corrected chi connectivity index (χ4v) is 1.95. The van der Waals surface area contributed by atoms with Crippen LogP contribution in [0.1, 0.15) is 16.9 Å². The van der Waals surface area contributed by atoms with Crippen molar-refractivity contribution in [1.29, 1.82) is 5.26 Å². The summed E-state index contributed by atoms with van der Waals surface area (Å²) in [5.74, 6) is -0.269. The van der Waals surface area contributed by atoms with Gasteiger partial charge in [0.25, 0.3) is 5.91 Å². The number of carbonyl (C=O) groups excluding carboxylic acids is 1. The Morgan fingerprint density at radius 1 is 1.20 bits per heavy atom. The molecule has 0 radical (unpaired) electrons. The van der Waals surface area contributed by atoms with Gasteiger partial charge in [-0.25, -0.2) is 4.98 Å². The summed E-state index contributed by atoms with van der Waals surface area (Å²) >= 11 is 5.81. The molecule has 4 nitrogen and oxygen atoms in total. The summed E-state index contributed by atoms with van der Waals surface area (Å²) in [6, 6.07) is 16.1. The molecule has 0 saturated heterocycles. The van der Waals surface area contributed by atoms with Crippen LogP contribution < -0.4 is 4.90 Å². The third kappa shape index (κ3) is 3.34. The van der Waals surface area contributed by atoms with E-state index in [9.17, 15) is 4.79 Å². The van der Waals surface area contributed by atoms with Gasteiger partial charge in [-0.05, 0) is 24.3 Å². The van der Waals surface area contributed by atoms with E-state index in [1.165, 1.54) is 4.90 Å². The molecule has 20 heavy (non-hydrogen) atoms. The fraction of sp³-hybridized carbons (Fsp3) is 0.133. The standard InChI is InChI=1S/C15H12ClN3O/c16-14-9-4-8-13(18-14)15(20)19(11-5-10-17)12-6-2-1-3-7-12/h1-4,6-9H,5,11H2. The molecule has 0 N–H and O–H groups in total. The Morgan fingerprint density at radius 2 is 1.95 bits per heavy atom. The minimum atomic E-state index is -0.269. The maximum atomic E-state index is 12.5. The number of carbonyl (C=O) groups is 1. The van der Waals surface area contributed by atoms with Crippen LogP contribution in [0.3, 0.4) is 0 Å². The monoisotopic (exact) mass is 285 g/mol. The number of benzene rings is 1. The molecule has 0 unspecified atom stereocenters. The number of hydrogen-bond donors (Lipinski definition) is 0. The van der Waals surface area contributed by atoms with Gasteiger partial charge in [0, 0.05) is 12.2 Å². The number of amides is 1. The zero-order chi connectivity index (χ0) is 14.4. The van der Waals surface area contributed by atoms with Crippen molar-refractivity contribution in [2.75, 3.05) is 11.4 Å². The second kappa shape index (κ2) is 6.69. The Kier molecular flexibility index (Phi) is 4.70. The van der Waals surface area contributed by atoms with E-state index in [0.717, 1.165) is 5.69 Å². The van der Waals surface area contributed by atoms with Crippen LogP contribution in [0.4, 0.5) is 5.69 Å². The third-order valence-electron chi connectivity index (χ3n) is 2.69. The van der Waals surface area contributed by atoms with Crippen molar-refractivity contribution in [3.05, 3.63) is 59.4 Å². The molecular weight excluding hydrogens is 274 g/mol. The van der Waals surface area contributed by atoms with Crippen molar-refractivity contribution in [1.82, 2.24) is 4.98 Å². The van der Waals surface area contributed by atoms with Crippen LogP contribution in [0.5, 0.6) is 0 Å². The van der Waals surface area contributed by atoms with Gasteiger partial charge in [0.1, 0.15) is 10.8 Å². The van der Waals surface area contributed by atoms with Crippen LogP contribution in [-0.4, -0.2) is 17.4 Å². The molecule has 0 aliphatic rings. The quantitative estimate of drug-likeness (QED) is 0.810. The molecule has 1 heterocycles. The normalized spacial score (nSPS) is 9.80. The van der Waals surface area contributed by atoms with Gasteiger partial charge in [-0.1, -0.05) is 35.9 Å².